The van der Waals surface area contributed by atoms with Gasteiger partial charge in [0, 0.05) is 41.9 Å². The summed E-state index contributed by atoms with van der Waals surface area (Å²) in [5.74, 6) is -0.511. The highest BCUT2D eigenvalue weighted by Gasteiger charge is 2.11. The van der Waals surface area contributed by atoms with Crippen LogP contribution < -0.4 is 11.0 Å². The summed E-state index contributed by atoms with van der Waals surface area (Å²) in [7, 11) is 0. The minimum atomic E-state index is -0.511. The Morgan fingerprint density at radius 3 is 2.64 bits per heavy atom. The molecule has 25 heavy (non-hydrogen) atoms. The Balaban J connectivity index is 1.82. The summed E-state index contributed by atoms with van der Waals surface area (Å²) in [5.41, 5.74) is 4.23. The van der Waals surface area contributed by atoms with Crippen molar-refractivity contribution in [2.75, 3.05) is 0 Å². The molecule has 3 rings (SSSR count). The molecule has 2 aromatic heterocycles. The van der Waals surface area contributed by atoms with Crippen LogP contribution in [-0.2, 0) is 13.1 Å². The van der Waals surface area contributed by atoms with E-state index < -0.39 is 5.91 Å². The van der Waals surface area contributed by atoms with Crippen LogP contribution in [-0.4, -0.2) is 21.3 Å². The molecule has 0 fully saturated rings. The van der Waals surface area contributed by atoms with Gasteiger partial charge >= 0.3 is 0 Å². The number of hydrazone groups is 1. The van der Waals surface area contributed by atoms with Crippen LogP contribution in [0, 0.1) is 0 Å². The first-order chi connectivity index (χ1) is 12.2. The quantitative estimate of drug-likeness (QED) is 0.575. The molecule has 6 heteroatoms. The maximum absolute atomic E-state index is 12.2. The van der Waals surface area contributed by atoms with Crippen LogP contribution in [0.5, 0.6) is 0 Å². The number of hydrogen-bond donors (Lipinski definition) is 1. The van der Waals surface area contributed by atoms with Crippen molar-refractivity contribution in [3.63, 3.8) is 0 Å². The zero-order chi connectivity index (χ0) is 17.8. The fourth-order valence-corrected chi connectivity index (χ4v) is 2.82. The van der Waals surface area contributed by atoms with Crippen LogP contribution in [0.15, 0.2) is 58.7 Å². The maximum Gasteiger partial charge on any atom is 0.276 e. The van der Waals surface area contributed by atoms with E-state index in [1.54, 1.807) is 18.5 Å². The van der Waals surface area contributed by atoms with Crippen molar-refractivity contribution >= 4 is 23.0 Å². The minimum Gasteiger partial charge on any atom is -0.347 e. The van der Waals surface area contributed by atoms with Crippen LogP contribution in [0.1, 0.15) is 29.8 Å². The van der Waals surface area contributed by atoms with Crippen molar-refractivity contribution in [3.8, 4) is 0 Å². The molecule has 0 spiro atoms. The van der Waals surface area contributed by atoms with Gasteiger partial charge in [-0.2, -0.15) is 5.10 Å². The number of fused-ring (bicyclic) bond motifs is 1. The van der Waals surface area contributed by atoms with Gasteiger partial charge in [-0.05, 0) is 32.0 Å². The largest absolute Gasteiger partial charge is 0.347 e. The Hall–Kier alpha value is -3.15. The van der Waals surface area contributed by atoms with Gasteiger partial charge < -0.3 is 9.13 Å². The van der Waals surface area contributed by atoms with Gasteiger partial charge in [-0.3, -0.25) is 9.59 Å². The first kappa shape index (κ1) is 16.7. The Morgan fingerprint density at radius 1 is 1.12 bits per heavy atom. The molecule has 1 amide bonds. The lowest BCUT2D eigenvalue weighted by Gasteiger charge is -2.03. The number of nitrogens with zero attached hydrogens (tertiary/aromatic N) is 3. The van der Waals surface area contributed by atoms with Gasteiger partial charge in [0.15, 0.2) is 0 Å². The van der Waals surface area contributed by atoms with E-state index >= 15 is 0 Å². The van der Waals surface area contributed by atoms with Crippen molar-refractivity contribution in [2.45, 2.75) is 26.9 Å². The van der Waals surface area contributed by atoms with E-state index in [9.17, 15) is 9.59 Å². The molecule has 0 saturated heterocycles. The Bertz CT molecular complexity index is 998. The third-order valence-corrected chi connectivity index (χ3v) is 4.14. The summed E-state index contributed by atoms with van der Waals surface area (Å²) >= 11 is 0. The molecular formula is C19H20N4O2. The van der Waals surface area contributed by atoms with Crippen LogP contribution in [0.25, 0.3) is 10.9 Å². The topological polar surface area (TPSA) is 68.4 Å². The number of carbonyl (C=O) groups excluding carboxylic acids is 1. The molecule has 0 atom stereocenters. The van der Waals surface area contributed by atoms with E-state index in [0.29, 0.717) is 6.54 Å². The summed E-state index contributed by atoms with van der Waals surface area (Å²) < 4.78 is 3.60. The standard InChI is InChI=1S/C19H20N4O2/c1-3-22-11-7-9-16(19(22)25)18(24)21-20-12-14-13-23(4-2)17-10-6-5-8-15(14)17/h5-13H,3-4H2,1-2H3,(H,21,24)/b20-12-. The number of amides is 1. The average molecular weight is 336 g/mol. The highest BCUT2D eigenvalue weighted by molar-refractivity contribution is 6.00. The predicted octanol–water partition coefficient (Wildman–Crippen LogP) is 2.61. The predicted molar refractivity (Wildman–Crippen MR) is 99.0 cm³/mol. The smallest absolute Gasteiger partial charge is 0.276 e. The Kier molecular flexibility index (Phi) is 4.79. The first-order valence-corrected chi connectivity index (χ1v) is 8.26. The van der Waals surface area contributed by atoms with Gasteiger partial charge in [0.25, 0.3) is 11.5 Å². The zero-order valence-electron chi connectivity index (χ0n) is 14.3. The lowest BCUT2D eigenvalue weighted by atomic mass is 10.2. The maximum atomic E-state index is 12.2. The normalized spacial score (nSPS) is 11.3. The van der Waals surface area contributed by atoms with Crippen LogP contribution in [0.2, 0.25) is 0 Å². The van der Waals surface area contributed by atoms with Crippen LogP contribution >= 0.6 is 0 Å². The molecular weight excluding hydrogens is 316 g/mol. The van der Waals surface area contributed by atoms with Gasteiger partial charge in [0.05, 0.1) is 6.21 Å². The molecule has 6 nitrogen and oxygen atoms in total. The number of carbonyl (C=O) groups is 1. The van der Waals surface area contributed by atoms with Crippen molar-refractivity contribution in [2.24, 2.45) is 5.10 Å². The lowest BCUT2D eigenvalue weighted by molar-refractivity contribution is 0.0953. The number of nitrogens with one attached hydrogen (secondary N) is 1. The van der Waals surface area contributed by atoms with E-state index in [1.165, 1.54) is 10.6 Å². The molecule has 0 unspecified atom stereocenters. The fourth-order valence-electron chi connectivity index (χ4n) is 2.82. The summed E-state index contributed by atoms with van der Waals surface area (Å²) in [6, 6.07) is 11.2. The van der Waals surface area contributed by atoms with Gasteiger partial charge in [0.2, 0.25) is 0 Å². The number of para-hydroxylation sites is 1. The third-order valence-electron chi connectivity index (χ3n) is 4.14. The average Bonchev–Trinajstić information content (AvgIpc) is 3.00. The molecule has 1 aromatic carbocycles. The summed E-state index contributed by atoms with van der Waals surface area (Å²) in [6.45, 7) is 5.29. The van der Waals surface area contributed by atoms with Gasteiger partial charge in [-0.15, -0.1) is 0 Å². The van der Waals surface area contributed by atoms with E-state index in [1.807, 2.05) is 37.4 Å². The van der Waals surface area contributed by atoms with Crippen LogP contribution in [0.4, 0.5) is 0 Å². The SMILES string of the molecule is CCn1cccc(C(=O)N/N=C\c2cn(CC)c3ccccc23)c1=O. The fraction of sp³-hybridized carbons (Fsp3) is 0.211. The van der Waals surface area contributed by atoms with Gasteiger partial charge in [-0.25, -0.2) is 5.43 Å². The molecule has 0 bridgehead atoms. The lowest BCUT2D eigenvalue weighted by Crippen LogP contribution is -2.30. The van der Waals surface area contributed by atoms with E-state index in [-0.39, 0.29) is 11.1 Å². The molecule has 0 aliphatic carbocycles. The molecule has 2 heterocycles. The van der Waals surface area contributed by atoms with E-state index in [0.717, 1.165) is 23.0 Å². The summed E-state index contributed by atoms with van der Waals surface area (Å²) in [6.07, 6.45) is 5.25. The number of benzene rings is 1. The molecule has 0 radical (unpaired) electrons. The Labute approximate surface area is 145 Å². The monoisotopic (exact) mass is 336 g/mol. The van der Waals surface area contributed by atoms with Gasteiger partial charge in [-0.1, -0.05) is 18.2 Å². The summed E-state index contributed by atoms with van der Waals surface area (Å²) in [5, 5.41) is 5.09. The Morgan fingerprint density at radius 2 is 1.88 bits per heavy atom. The third kappa shape index (κ3) is 3.24. The second-order valence-corrected chi connectivity index (χ2v) is 5.60. The van der Waals surface area contributed by atoms with Crippen molar-refractivity contribution in [1.29, 1.82) is 0 Å². The number of hydrogen-bond acceptors (Lipinski definition) is 3. The molecule has 0 aliphatic heterocycles. The first-order valence-electron chi connectivity index (χ1n) is 8.26. The van der Waals surface area contributed by atoms with Gasteiger partial charge in [0.1, 0.15) is 5.56 Å². The molecule has 3 aromatic rings. The number of pyridine rings is 1. The number of rotatable bonds is 5. The molecule has 0 saturated carbocycles. The molecule has 0 aliphatic rings. The zero-order valence-corrected chi connectivity index (χ0v) is 14.3. The molecule has 1 N–H and O–H groups in total. The van der Waals surface area contributed by atoms with Crippen molar-refractivity contribution in [3.05, 3.63) is 70.3 Å². The van der Waals surface area contributed by atoms with Crippen molar-refractivity contribution < 1.29 is 4.79 Å². The highest BCUT2D eigenvalue weighted by atomic mass is 16.2. The second kappa shape index (κ2) is 7.17. The second-order valence-electron chi connectivity index (χ2n) is 5.60. The minimum absolute atomic E-state index is 0.0810. The number of aryl methyl sites for hydroxylation is 2. The van der Waals surface area contributed by atoms with Crippen LogP contribution in [0.3, 0.4) is 0 Å². The summed E-state index contributed by atoms with van der Waals surface area (Å²) in [4.78, 5) is 24.3. The number of aromatic nitrogens is 2. The highest BCUT2D eigenvalue weighted by Crippen LogP contribution is 2.19. The van der Waals surface area contributed by atoms with E-state index in [2.05, 4.69) is 22.0 Å². The van der Waals surface area contributed by atoms with E-state index in [4.69, 9.17) is 0 Å². The molecule has 128 valence electrons. The van der Waals surface area contributed by atoms with Crippen molar-refractivity contribution in [1.82, 2.24) is 14.6 Å².